The molecule has 3 N–H and O–H groups in total. The molecule has 10 heteroatoms. The van der Waals surface area contributed by atoms with Crippen molar-refractivity contribution in [2.24, 2.45) is 0 Å². The molecule has 0 aromatic carbocycles. The molecule has 9 nitrogen and oxygen atoms in total. The van der Waals surface area contributed by atoms with Gasteiger partial charge >= 0.3 is 13.8 Å². The Morgan fingerprint density at radius 3 is 1.36 bits per heavy atom. The Morgan fingerprint density at radius 1 is 0.500 bits per heavy atom. The molecule has 0 fully saturated rings. The SMILES string of the molecule is CC/C=C\C/C=C\C/C=C\C/C=C\CCCCCCCCCOCC(COP(=O)(O)OCC(O)CO)OC(=O)CCCCCCCCCCCCC/C=C\CCCCCCCCCC. The average molecular weight is 923 g/mol. The highest BCUT2D eigenvalue weighted by Gasteiger charge is 2.26. The number of allylic oxidation sites excluding steroid dienone is 10. The molecule has 0 saturated heterocycles. The van der Waals surface area contributed by atoms with Gasteiger partial charge in [-0.3, -0.25) is 13.8 Å². The van der Waals surface area contributed by atoms with E-state index in [2.05, 4.69) is 74.6 Å². The molecule has 3 unspecified atom stereocenters. The van der Waals surface area contributed by atoms with Crippen molar-refractivity contribution in [2.45, 2.75) is 244 Å². The van der Waals surface area contributed by atoms with Crippen LogP contribution in [-0.2, 0) is 27.9 Å². The Bertz CT molecular complexity index is 1180. The van der Waals surface area contributed by atoms with E-state index in [-0.39, 0.29) is 25.6 Å². The summed E-state index contributed by atoms with van der Waals surface area (Å²) >= 11 is 0. The molecule has 0 heterocycles. The molecule has 0 rings (SSSR count). The van der Waals surface area contributed by atoms with E-state index in [4.69, 9.17) is 23.6 Å². The summed E-state index contributed by atoms with van der Waals surface area (Å²) in [7, 11) is -4.53. The lowest BCUT2D eigenvalue weighted by molar-refractivity contribution is -0.154. The van der Waals surface area contributed by atoms with Crippen molar-refractivity contribution in [1.29, 1.82) is 0 Å². The van der Waals surface area contributed by atoms with Crippen LogP contribution >= 0.6 is 7.82 Å². The van der Waals surface area contributed by atoms with Crippen molar-refractivity contribution < 1.29 is 43.0 Å². The van der Waals surface area contributed by atoms with Crippen LogP contribution in [0.25, 0.3) is 0 Å². The lowest BCUT2D eigenvalue weighted by Crippen LogP contribution is -2.29. The summed E-state index contributed by atoms with van der Waals surface area (Å²) < 4.78 is 33.5. The van der Waals surface area contributed by atoms with Crippen LogP contribution in [0.3, 0.4) is 0 Å². The molecule has 0 aliphatic rings. The normalized spacial score (nSPS) is 14.3. The minimum absolute atomic E-state index is 0.0404. The highest BCUT2D eigenvalue weighted by atomic mass is 31.2. The minimum atomic E-state index is -4.53. The maximum atomic E-state index is 12.7. The molecular formula is C54H99O9P. The average Bonchev–Trinajstić information content (AvgIpc) is 3.29. The quantitative estimate of drug-likeness (QED) is 0.0236. The number of rotatable bonds is 50. The molecule has 0 aliphatic carbocycles. The van der Waals surface area contributed by atoms with Gasteiger partial charge in [-0.25, -0.2) is 4.57 Å². The predicted octanol–water partition coefficient (Wildman–Crippen LogP) is 15.5. The maximum Gasteiger partial charge on any atom is 0.472 e. The first kappa shape index (κ1) is 62.2. The van der Waals surface area contributed by atoms with Gasteiger partial charge in [0.15, 0.2) is 0 Å². The molecule has 0 aromatic rings. The lowest BCUT2D eigenvalue weighted by atomic mass is 10.0. The second-order valence-electron chi connectivity index (χ2n) is 17.5. The number of phosphoric ester groups is 1. The molecular weight excluding hydrogens is 824 g/mol. The zero-order chi connectivity index (χ0) is 46.7. The monoisotopic (exact) mass is 923 g/mol. The third-order valence-corrected chi connectivity index (χ3v) is 12.1. The van der Waals surface area contributed by atoms with E-state index < -0.39 is 33.2 Å². The first-order chi connectivity index (χ1) is 31.3. The van der Waals surface area contributed by atoms with Gasteiger partial charge in [0.05, 0.1) is 26.4 Å². The van der Waals surface area contributed by atoms with Crippen LogP contribution < -0.4 is 0 Å². The number of aliphatic hydroxyl groups excluding tert-OH is 2. The van der Waals surface area contributed by atoms with E-state index in [0.29, 0.717) is 6.61 Å². The summed E-state index contributed by atoms with van der Waals surface area (Å²) in [4.78, 5) is 22.7. The number of carbonyl (C=O) groups is 1. The van der Waals surface area contributed by atoms with Crippen molar-refractivity contribution in [3.8, 4) is 0 Å². The second-order valence-corrected chi connectivity index (χ2v) is 19.0. The number of hydrogen-bond acceptors (Lipinski definition) is 8. The van der Waals surface area contributed by atoms with Gasteiger partial charge in [-0.15, -0.1) is 0 Å². The van der Waals surface area contributed by atoms with Crippen LogP contribution in [0.2, 0.25) is 0 Å². The summed E-state index contributed by atoms with van der Waals surface area (Å²) in [5.41, 5.74) is 0. The summed E-state index contributed by atoms with van der Waals surface area (Å²) in [6, 6.07) is 0. The van der Waals surface area contributed by atoms with Crippen molar-refractivity contribution in [3.63, 3.8) is 0 Å². The van der Waals surface area contributed by atoms with Gasteiger partial charge in [0.1, 0.15) is 12.2 Å². The lowest BCUT2D eigenvalue weighted by Gasteiger charge is -2.20. The van der Waals surface area contributed by atoms with Gasteiger partial charge in [0.2, 0.25) is 0 Å². The topological polar surface area (TPSA) is 132 Å². The van der Waals surface area contributed by atoms with Crippen molar-refractivity contribution in [1.82, 2.24) is 0 Å². The molecule has 0 amide bonds. The van der Waals surface area contributed by atoms with Gasteiger partial charge < -0.3 is 24.6 Å². The first-order valence-electron chi connectivity index (χ1n) is 26.3. The zero-order valence-corrected chi connectivity index (χ0v) is 42.1. The van der Waals surface area contributed by atoms with Gasteiger partial charge in [0.25, 0.3) is 0 Å². The molecule has 0 radical (unpaired) electrons. The zero-order valence-electron chi connectivity index (χ0n) is 41.2. The summed E-state index contributed by atoms with van der Waals surface area (Å²) in [5.74, 6) is -0.387. The Hall–Kier alpha value is -1.84. The second kappa shape index (κ2) is 50.6. The Kier molecular flexibility index (Phi) is 49.1. The van der Waals surface area contributed by atoms with Crippen LogP contribution in [-0.4, -0.2) is 66.3 Å². The van der Waals surface area contributed by atoms with Crippen LogP contribution in [0.1, 0.15) is 232 Å². The van der Waals surface area contributed by atoms with Gasteiger partial charge in [-0.05, 0) is 77.0 Å². The van der Waals surface area contributed by atoms with Crippen LogP contribution in [0.5, 0.6) is 0 Å². The molecule has 0 spiro atoms. The molecule has 0 aliphatic heterocycles. The molecule has 0 aromatic heterocycles. The fourth-order valence-corrected chi connectivity index (χ4v) is 8.01. The van der Waals surface area contributed by atoms with Crippen LogP contribution in [0.4, 0.5) is 0 Å². The summed E-state index contributed by atoms with van der Waals surface area (Å²) in [6.07, 6.45) is 60.5. The Balaban J connectivity index is 4.08. The number of esters is 1. The van der Waals surface area contributed by atoms with Crippen molar-refractivity contribution in [3.05, 3.63) is 60.8 Å². The number of phosphoric acid groups is 1. The number of aliphatic hydroxyl groups is 2. The smallest absolute Gasteiger partial charge is 0.457 e. The van der Waals surface area contributed by atoms with Gasteiger partial charge in [0, 0.05) is 13.0 Å². The first-order valence-corrected chi connectivity index (χ1v) is 27.8. The molecule has 374 valence electrons. The van der Waals surface area contributed by atoms with E-state index in [9.17, 15) is 19.4 Å². The third-order valence-electron chi connectivity index (χ3n) is 11.2. The Morgan fingerprint density at radius 2 is 0.891 bits per heavy atom. The van der Waals surface area contributed by atoms with Crippen molar-refractivity contribution >= 4 is 13.8 Å². The fourth-order valence-electron chi connectivity index (χ4n) is 7.23. The van der Waals surface area contributed by atoms with Gasteiger partial charge in [-0.1, -0.05) is 209 Å². The molecule has 0 saturated carbocycles. The third kappa shape index (κ3) is 49.6. The van der Waals surface area contributed by atoms with E-state index in [0.717, 1.165) is 70.6 Å². The standard InChI is InChI=1S/C54H99O9P/c1-3-5-7-9-11-13-15-17-19-21-23-25-26-27-28-30-32-34-36-38-40-42-44-46-54(57)63-53(51-62-64(58,59)61-49-52(56)48-55)50-60-47-45-43-41-39-37-35-33-31-29-24-22-20-18-16-14-12-10-8-6-4-2/h6,8,12,14,18,20-21,23-24,29,52-53,55-56H,3-5,7,9-11,13,15-17,19,22,25-28,30-51H2,1-2H3,(H,58,59)/b8-6-,14-12-,20-18-,23-21-,29-24-. The summed E-state index contributed by atoms with van der Waals surface area (Å²) in [6.45, 7) is 3.41. The summed E-state index contributed by atoms with van der Waals surface area (Å²) in [5, 5.41) is 18.4. The maximum absolute atomic E-state index is 12.7. The fraction of sp³-hybridized carbons (Fsp3) is 0.796. The largest absolute Gasteiger partial charge is 0.472 e. The van der Waals surface area contributed by atoms with Crippen LogP contribution in [0, 0.1) is 0 Å². The number of carbonyl (C=O) groups excluding carboxylic acids is 1. The number of ether oxygens (including phenoxy) is 2. The molecule has 0 bridgehead atoms. The molecule has 64 heavy (non-hydrogen) atoms. The van der Waals surface area contributed by atoms with Crippen molar-refractivity contribution in [2.75, 3.05) is 33.0 Å². The number of unbranched alkanes of at least 4 members (excludes halogenated alkanes) is 26. The van der Waals surface area contributed by atoms with E-state index in [1.807, 2.05) is 0 Å². The van der Waals surface area contributed by atoms with E-state index in [1.165, 1.54) is 141 Å². The minimum Gasteiger partial charge on any atom is -0.457 e. The van der Waals surface area contributed by atoms with Gasteiger partial charge in [-0.2, -0.15) is 0 Å². The number of hydrogen-bond donors (Lipinski definition) is 3. The predicted molar refractivity (Wildman–Crippen MR) is 270 cm³/mol. The highest BCUT2D eigenvalue weighted by Crippen LogP contribution is 2.43. The van der Waals surface area contributed by atoms with Crippen LogP contribution in [0.15, 0.2) is 60.8 Å². The highest BCUT2D eigenvalue weighted by molar-refractivity contribution is 7.47. The molecule has 3 atom stereocenters. The van der Waals surface area contributed by atoms with E-state index >= 15 is 0 Å². The van der Waals surface area contributed by atoms with E-state index in [1.54, 1.807) is 0 Å². The Labute approximate surface area is 393 Å².